The van der Waals surface area contributed by atoms with Crippen LogP contribution in [0.2, 0.25) is 0 Å². The van der Waals surface area contributed by atoms with E-state index in [9.17, 15) is 9.90 Å². The zero-order valence-electron chi connectivity index (χ0n) is 10.9. The van der Waals surface area contributed by atoms with Crippen molar-refractivity contribution in [2.75, 3.05) is 6.54 Å². The molecule has 3 unspecified atom stereocenters. The molecule has 94 valence electrons. The molecule has 0 amide bonds. The lowest BCUT2D eigenvalue weighted by Gasteiger charge is -2.40. The maximum Gasteiger partial charge on any atom is 0.323 e. The smallest absolute Gasteiger partial charge is 0.323 e. The van der Waals surface area contributed by atoms with Crippen LogP contribution in [0, 0.1) is 17.8 Å². The van der Waals surface area contributed by atoms with Gasteiger partial charge in [-0.2, -0.15) is 0 Å². The Morgan fingerprint density at radius 3 is 2.50 bits per heavy atom. The summed E-state index contributed by atoms with van der Waals surface area (Å²) in [6.07, 6.45) is 2.54. The maximum absolute atomic E-state index is 11.5. The molecule has 0 radical (unpaired) electrons. The number of rotatable bonds is 4. The first-order valence-corrected chi connectivity index (χ1v) is 6.36. The highest BCUT2D eigenvalue weighted by Crippen LogP contribution is 2.36. The lowest BCUT2D eigenvalue weighted by Crippen LogP contribution is -2.56. The Labute approximate surface area is 98.6 Å². The van der Waals surface area contributed by atoms with Crippen molar-refractivity contribution >= 4 is 5.97 Å². The molecule has 1 aliphatic rings. The molecule has 1 fully saturated rings. The summed E-state index contributed by atoms with van der Waals surface area (Å²) >= 11 is 0. The van der Waals surface area contributed by atoms with Gasteiger partial charge in [0.05, 0.1) is 0 Å². The molecule has 0 spiro atoms. The summed E-state index contributed by atoms with van der Waals surface area (Å²) in [6, 6.07) is 0. The third kappa shape index (κ3) is 2.97. The normalized spacial score (nSPS) is 35.3. The van der Waals surface area contributed by atoms with Gasteiger partial charge in [0.15, 0.2) is 0 Å². The lowest BCUT2D eigenvalue weighted by molar-refractivity contribution is -0.147. The fourth-order valence-corrected chi connectivity index (χ4v) is 2.44. The second-order valence-electron chi connectivity index (χ2n) is 5.86. The van der Waals surface area contributed by atoms with Crippen molar-refractivity contribution in [1.82, 2.24) is 5.32 Å². The second-order valence-corrected chi connectivity index (χ2v) is 5.86. The molecule has 0 bridgehead atoms. The Balaban J connectivity index is 2.70. The fourth-order valence-electron chi connectivity index (χ4n) is 2.44. The number of carbonyl (C=O) groups is 1. The lowest BCUT2D eigenvalue weighted by atomic mass is 9.71. The molecule has 1 rings (SSSR count). The first kappa shape index (κ1) is 13.5. The summed E-state index contributed by atoms with van der Waals surface area (Å²) < 4.78 is 0. The molecule has 3 nitrogen and oxygen atoms in total. The van der Waals surface area contributed by atoms with Crippen LogP contribution in [0.15, 0.2) is 0 Å². The number of carboxylic acids is 1. The van der Waals surface area contributed by atoms with Crippen LogP contribution in [0.5, 0.6) is 0 Å². The van der Waals surface area contributed by atoms with Gasteiger partial charge in [0.25, 0.3) is 0 Å². The SMILES string of the molecule is CC(C)CNC1(C(=O)O)CCC(C)C(C)C1. The first-order valence-electron chi connectivity index (χ1n) is 6.36. The van der Waals surface area contributed by atoms with Gasteiger partial charge in [0.2, 0.25) is 0 Å². The number of hydrogen-bond donors (Lipinski definition) is 2. The van der Waals surface area contributed by atoms with E-state index in [0.29, 0.717) is 17.8 Å². The number of carboxylic acid groups (broad SMARTS) is 1. The Morgan fingerprint density at radius 2 is 2.06 bits per heavy atom. The van der Waals surface area contributed by atoms with Crippen LogP contribution >= 0.6 is 0 Å². The van der Waals surface area contributed by atoms with Crippen LogP contribution in [0.4, 0.5) is 0 Å². The van der Waals surface area contributed by atoms with Crippen molar-refractivity contribution in [2.45, 2.75) is 52.5 Å². The van der Waals surface area contributed by atoms with E-state index in [0.717, 1.165) is 25.8 Å². The van der Waals surface area contributed by atoms with Crippen molar-refractivity contribution in [1.29, 1.82) is 0 Å². The number of nitrogens with one attached hydrogen (secondary N) is 1. The molecule has 0 aliphatic heterocycles. The largest absolute Gasteiger partial charge is 0.480 e. The summed E-state index contributed by atoms with van der Waals surface area (Å²) in [5.41, 5.74) is -0.670. The van der Waals surface area contributed by atoms with Crippen LogP contribution in [-0.2, 0) is 4.79 Å². The Bertz CT molecular complexity index is 252. The molecule has 0 aromatic carbocycles. The average molecular weight is 227 g/mol. The molecule has 3 heteroatoms. The van der Waals surface area contributed by atoms with Gasteiger partial charge in [-0.1, -0.05) is 27.7 Å². The Morgan fingerprint density at radius 1 is 1.44 bits per heavy atom. The number of aliphatic carboxylic acids is 1. The van der Waals surface area contributed by atoms with E-state index in [4.69, 9.17) is 0 Å². The summed E-state index contributed by atoms with van der Waals surface area (Å²) in [5, 5.41) is 12.7. The summed E-state index contributed by atoms with van der Waals surface area (Å²) in [7, 11) is 0. The molecule has 1 aliphatic carbocycles. The molecule has 0 saturated heterocycles. The molecule has 0 aromatic rings. The van der Waals surface area contributed by atoms with Crippen LogP contribution in [0.3, 0.4) is 0 Å². The minimum Gasteiger partial charge on any atom is -0.480 e. The van der Waals surface area contributed by atoms with Crippen LogP contribution in [0.1, 0.15) is 47.0 Å². The fraction of sp³-hybridized carbons (Fsp3) is 0.923. The van der Waals surface area contributed by atoms with Crippen molar-refractivity contribution < 1.29 is 9.90 Å². The Kier molecular flexibility index (Phi) is 4.36. The molecule has 16 heavy (non-hydrogen) atoms. The first-order chi connectivity index (χ1) is 7.37. The highest BCUT2D eigenvalue weighted by Gasteiger charge is 2.43. The van der Waals surface area contributed by atoms with Crippen LogP contribution in [0.25, 0.3) is 0 Å². The third-order valence-electron chi connectivity index (χ3n) is 3.93. The van der Waals surface area contributed by atoms with Gasteiger partial charge in [-0.05, 0) is 43.6 Å². The second kappa shape index (κ2) is 5.17. The highest BCUT2D eigenvalue weighted by atomic mass is 16.4. The summed E-state index contributed by atoms with van der Waals surface area (Å²) in [5.74, 6) is 0.954. The van der Waals surface area contributed by atoms with E-state index in [1.165, 1.54) is 0 Å². The standard InChI is InChI=1S/C13H25NO2/c1-9(2)8-14-13(12(15)16)6-5-10(3)11(4)7-13/h9-11,14H,5-8H2,1-4H3,(H,15,16). The van der Waals surface area contributed by atoms with E-state index in [1.807, 2.05) is 0 Å². The zero-order valence-corrected chi connectivity index (χ0v) is 10.9. The molecule has 1 saturated carbocycles. The van der Waals surface area contributed by atoms with Crippen molar-refractivity contribution in [3.05, 3.63) is 0 Å². The van der Waals surface area contributed by atoms with Gasteiger partial charge >= 0.3 is 5.97 Å². The minimum atomic E-state index is -0.674. The van der Waals surface area contributed by atoms with Crippen LogP contribution < -0.4 is 5.32 Å². The van der Waals surface area contributed by atoms with Crippen molar-refractivity contribution in [3.8, 4) is 0 Å². The van der Waals surface area contributed by atoms with Gasteiger partial charge in [-0.3, -0.25) is 4.79 Å². The number of hydrogen-bond acceptors (Lipinski definition) is 2. The van der Waals surface area contributed by atoms with Gasteiger partial charge in [0, 0.05) is 0 Å². The quantitative estimate of drug-likeness (QED) is 0.776. The van der Waals surface area contributed by atoms with E-state index in [2.05, 4.69) is 33.0 Å². The molecule has 0 aromatic heterocycles. The predicted octanol–water partition coefficient (Wildman–Crippen LogP) is 2.51. The van der Waals surface area contributed by atoms with Gasteiger partial charge in [-0.15, -0.1) is 0 Å². The van der Waals surface area contributed by atoms with E-state index in [1.54, 1.807) is 0 Å². The van der Waals surface area contributed by atoms with E-state index < -0.39 is 11.5 Å². The van der Waals surface area contributed by atoms with E-state index in [-0.39, 0.29) is 0 Å². The van der Waals surface area contributed by atoms with Gasteiger partial charge in [-0.25, -0.2) is 0 Å². The zero-order chi connectivity index (χ0) is 12.3. The minimum absolute atomic E-state index is 0.490. The van der Waals surface area contributed by atoms with Gasteiger partial charge < -0.3 is 10.4 Å². The maximum atomic E-state index is 11.5. The monoisotopic (exact) mass is 227 g/mol. The molecule has 2 N–H and O–H groups in total. The summed E-state index contributed by atoms with van der Waals surface area (Å²) in [4.78, 5) is 11.5. The Hall–Kier alpha value is -0.570. The average Bonchev–Trinajstić information content (AvgIpc) is 2.20. The molecular weight excluding hydrogens is 202 g/mol. The van der Waals surface area contributed by atoms with Gasteiger partial charge in [0.1, 0.15) is 5.54 Å². The molecule has 3 atom stereocenters. The highest BCUT2D eigenvalue weighted by molar-refractivity contribution is 5.79. The summed E-state index contributed by atoms with van der Waals surface area (Å²) in [6.45, 7) is 9.39. The van der Waals surface area contributed by atoms with Crippen molar-refractivity contribution in [2.24, 2.45) is 17.8 Å². The molecular formula is C13H25NO2. The molecule has 0 heterocycles. The van der Waals surface area contributed by atoms with E-state index >= 15 is 0 Å². The predicted molar refractivity (Wildman–Crippen MR) is 65.4 cm³/mol. The third-order valence-corrected chi connectivity index (χ3v) is 3.93. The van der Waals surface area contributed by atoms with Crippen molar-refractivity contribution in [3.63, 3.8) is 0 Å². The topological polar surface area (TPSA) is 49.3 Å². The van der Waals surface area contributed by atoms with Crippen LogP contribution in [-0.4, -0.2) is 23.2 Å².